The molecule has 2 aromatic carbocycles. The van der Waals surface area contributed by atoms with Crippen LogP contribution in [-0.2, 0) is 6.42 Å². The Kier molecular flexibility index (Phi) is 6.25. The first-order chi connectivity index (χ1) is 17.0. The highest BCUT2D eigenvalue weighted by atomic mass is 16.4. The van der Waals surface area contributed by atoms with Gasteiger partial charge in [0, 0.05) is 54.7 Å². The van der Waals surface area contributed by atoms with Crippen molar-refractivity contribution in [2.45, 2.75) is 19.3 Å². The maximum Gasteiger partial charge on any atom is 0.338 e. The number of carboxylic acid groups (broad SMARTS) is 1. The van der Waals surface area contributed by atoms with Crippen LogP contribution in [0.15, 0.2) is 57.9 Å². The first-order valence-corrected chi connectivity index (χ1v) is 11.8. The smallest absolute Gasteiger partial charge is 0.338 e. The van der Waals surface area contributed by atoms with Crippen molar-refractivity contribution in [1.29, 1.82) is 5.26 Å². The van der Waals surface area contributed by atoms with E-state index in [1.165, 1.54) is 5.56 Å². The number of nitrogens with zero attached hydrogens (tertiary/aromatic N) is 3. The zero-order valence-electron chi connectivity index (χ0n) is 19.3. The van der Waals surface area contributed by atoms with Gasteiger partial charge in [0.1, 0.15) is 5.58 Å². The monoisotopic (exact) mass is 470 g/mol. The van der Waals surface area contributed by atoms with Gasteiger partial charge in [-0.1, -0.05) is 6.07 Å². The van der Waals surface area contributed by atoms with Gasteiger partial charge in [0.25, 0.3) is 0 Å². The fraction of sp³-hybridized carbons (Fsp3) is 0.296. The van der Waals surface area contributed by atoms with Crippen molar-refractivity contribution in [2.75, 3.05) is 37.6 Å². The molecule has 5 rings (SSSR count). The summed E-state index contributed by atoms with van der Waals surface area (Å²) in [5.41, 5.74) is 3.76. The third-order valence-electron chi connectivity index (χ3n) is 6.75. The zero-order valence-corrected chi connectivity index (χ0v) is 19.3. The number of H-pyrrole nitrogens is 1. The number of hydrogen-bond acceptors (Lipinski definition) is 6. The van der Waals surface area contributed by atoms with E-state index in [1.807, 2.05) is 18.3 Å². The lowest BCUT2D eigenvalue weighted by Crippen LogP contribution is -2.46. The summed E-state index contributed by atoms with van der Waals surface area (Å²) < 4.78 is 5.32. The molecule has 1 fully saturated rings. The summed E-state index contributed by atoms with van der Waals surface area (Å²) in [6.07, 6.45) is 5.06. The molecule has 4 aromatic rings. The summed E-state index contributed by atoms with van der Waals surface area (Å²) in [6, 6.07) is 14.1. The first-order valence-electron chi connectivity index (χ1n) is 11.8. The van der Waals surface area contributed by atoms with Crippen LogP contribution in [0.5, 0.6) is 0 Å². The number of nitrogens with one attached hydrogen (secondary N) is 1. The molecule has 35 heavy (non-hydrogen) atoms. The van der Waals surface area contributed by atoms with Gasteiger partial charge in [-0.2, -0.15) is 5.26 Å². The van der Waals surface area contributed by atoms with E-state index in [4.69, 9.17) is 14.8 Å². The van der Waals surface area contributed by atoms with Gasteiger partial charge in [-0.05, 0) is 61.7 Å². The number of hydrogen-bond donors (Lipinski definition) is 2. The molecule has 2 N–H and O–H groups in total. The number of piperazine rings is 1. The third kappa shape index (κ3) is 4.77. The molecule has 1 aliphatic rings. The number of carboxylic acids is 1. The highest BCUT2D eigenvalue weighted by molar-refractivity contribution is 5.94. The molecule has 3 heterocycles. The van der Waals surface area contributed by atoms with E-state index in [0.717, 1.165) is 74.0 Å². The van der Waals surface area contributed by atoms with Gasteiger partial charge in [-0.25, -0.2) is 9.59 Å². The molecular weight excluding hydrogens is 444 g/mol. The van der Waals surface area contributed by atoms with Gasteiger partial charge in [-0.3, -0.25) is 4.90 Å². The Morgan fingerprint density at radius 1 is 1.06 bits per heavy atom. The van der Waals surface area contributed by atoms with Crippen LogP contribution in [0.3, 0.4) is 0 Å². The topological polar surface area (TPSA) is 114 Å². The van der Waals surface area contributed by atoms with Gasteiger partial charge in [0.2, 0.25) is 0 Å². The highest BCUT2D eigenvalue weighted by Gasteiger charge is 2.20. The molecule has 0 bridgehead atoms. The van der Waals surface area contributed by atoms with Gasteiger partial charge < -0.3 is 19.4 Å². The van der Waals surface area contributed by atoms with Crippen molar-refractivity contribution < 1.29 is 14.3 Å². The molecule has 0 atom stereocenters. The molecule has 0 radical (unpaired) electrons. The Bertz CT molecular complexity index is 1490. The summed E-state index contributed by atoms with van der Waals surface area (Å²) in [4.78, 5) is 31.1. The molecule has 0 amide bonds. The molecule has 2 aromatic heterocycles. The normalized spacial score (nSPS) is 14.4. The van der Waals surface area contributed by atoms with Crippen LogP contribution in [0, 0.1) is 11.3 Å². The summed E-state index contributed by atoms with van der Waals surface area (Å²) >= 11 is 0. The molecular formula is C27H26N4O4. The Hall–Kier alpha value is -4.09. The predicted octanol–water partition coefficient (Wildman–Crippen LogP) is 3.99. The van der Waals surface area contributed by atoms with E-state index in [0.29, 0.717) is 16.7 Å². The second-order valence-electron chi connectivity index (χ2n) is 8.94. The van der Waals surface area contributed by atoms with Gasteiger partial charge in [0.15, 0.2) is 0 Å². The fourth-order valence-electron chi connectivity index (χ4n) is 4.87. The SMILES string of the molecule is N#Cc1ccc2c(N3CCN(CCCCc4c[nH]c5cc(C(=O)O)ccc45)CC3)cc(=O)oc2c1. The molecule has 178 valence electrons. The van der Waals surface area contributed by atoms with Gasteiger partial charge in [0.05, 0.1) is 22.9 Å². The number of anilines is 1. The van der Waals surface area contributed by atoms with Crippen LogP contribution in [0.4, 0.5) is 5.69 Å². The minimum atomic E-state index is -0.916. The van der Waals surface area contributed by atoms with Crippen molar-refractivity contribution in [1.82, 2.24) is 9.88 Å². The van der Waals surface area contributed by atoms with Crippen molar-refractivity contribution in [3.8, 4) is 6.07 Å². The average Bonchev–Trinajstić information content (AvgIpc) is 3.28. The number of fused-ring (bicyclic) bond motifs is 2. The number of aromatic amines is 1. The van der Waals surface area contributed by atoms with E-state index >= 15 is 0 Å². The number of rotatable bonds is 7. The Balaban J connectivity index is 1.15. The standard InChI is InChI=1S/C27H26N4O4/c28-16-18-4-6-22-24(15-26(32)35-25(22)13-18)31-11-9-30(10-12-31)8-2-1-3-20-17-29-23-14-19(27(33)34)5-7-21(20)23/h4-7,13-15,17,29H,1-3,8-12H2,(H,33,34). The summed E-state index contributed by atoms with van der Waals surface area (Å²) in [5.74, 6) is -0.916. The van der Waals surface area contributed by atoms with E-state index in [9.17, 15) is 9.59 Å². The zero-order chi connectivity index (χ0) is 24.4. The lowest BCUT2D eigenvalue weighted by molar-refractivity contribution is 0.0697. The maximum atomic E-state index is 12.1. The highest BCUT2D eigenvalue weighted by Crippen LogP contribution is 2.27. The summed E-state index contributed by atoms with van der Waals surface area (Å²) in [5, 5.41) is 20.2. The second kappa shape index (κ2) is 9.65. The summed E-state index contributed by atoms with van der Waals surface area (Å²) in [7, 11) is 0. The number of aromatic carboxylic acids is 1. The van der Waals surface area contributed by atoms with Crippen LogP contribution in [-0.4, -0.2) is 53.7 Å². The molecule has 8 heteroatoms. The predicted molar refractivity (Wildman–Crippen MR) is 134 cm³/mol. The van der Waals surface area contributed by atoms with Crippen molar-refractivity contribution in [2.24, 2.45) is 0 Å². The quantitative estimate of drug-likeness (QED) is 0.310. The minimum Gasteiger partial charge on any atom is -0.478 e. The Morgan fingerprint density at radius 3 is 2.63 bits per heavy atom. The maximum absolute atomic E-state index is 12.1. The molecule has 0 aliphatic carbocycles. The van der Waals surface area contributed by atoms with Crippen molar-refractivity contribution in [3.63, 3.8) is 0 Å². The minimum absolute atomic E-state index is 0.293. The average molecular weight is 471 g/mol. The van der Waals surface area contributed by atoms with Crippen molar-refractivity contribution in [3.05, 3.63) is 75.8 Å². The number of nitriles is 1. The van der Waals surface area contributed by atoms with Crippen LogP contribution in [0.2, 0.25) is 0 Å². The number of aromatic nitrogens is 1. The van der Waals surface area contributed by atoms with Crippen molar-refractivity contribution >= 4 is 33.5 Å². The largest absolute Gasteiger partial charge is 0.478 e. The first kappa shape index (κ1) is 22.7. The second-order valence-corrected chi connectivity index (χ2v) is 8.94. The lowest BCUT2D eigenvalue weighted by Gasteiger charge is -2.36. The van der Waals surface area contributed by atoms with E-state index < -0.39 is 11.6 Å². The Labute approximate surface area is 202 Å². The van der Waals surface area contributed by atoms with Crippen LogP contribution < -0.4 is 10.5 Å². The number of benzene rings is 2. The molecule has 0 unspecified atom stereocenters. The molecule has 0 saturated carbocycles. The molecule has 0 spiro atoms. The van der Waals surface area contributed by atoms with E-state index in [1.54, 1.807) is 30.3 Å². The molecule has 1 saturated heterocycles. The van der Waals surface area contributed by atoms with Crippen LogP contribution in [0.1, 0.15) is 34.3 Å². The Morgan fingerprint density at radius 2 is 1.86 bits per heavy atom. The molecule has 1 aliphatic heterocycles. The fourth-order valence-corrected chi connectivity index (χ4v) is 4.87. The van der Waals surface area contributed by atoms with E-state index in [2.05, 4.69) is 20.9 Å². The number of unbranched alkanes of at least 4 members (excludes halogenated alkanes) is 1. The number of carbonyl (C=O) groups is 1. The summed E-state index contributed by atoms with van der Waals surface area (Å²) in [6.45, 7) is 4.51. The van der Waals surface area contributed by atoms with Crippen LogP contribution in [0.25, 0.3) is 21.9 Å². The third-order valence-corrected chi connectivity index (χ3v) is 6.75. The van der Waals surface area contributed by atoms with Gasteiger partial charge in [-0.15, -0.1) is 0 Å². The number of aryl methyl sites for hydroxylation is 1. The van der Waals surface area contributed by atoms with Gasteiger partial charge >= 0.3 is 11.6 Å². The van der Waals surface area contributed by atoms with E-state index in [-0.39, 0.29) is 0 Å². The van der Waals surface area contributed by atoms with Crippen LogP contribution >= 0.6 is 0 Å². The lowest BCUT2D eigenvalue weighted by atomic mass is 10.1. The molecule has 8 nitrogen and oxygen atoms in total.